The number of ether oxygens (including phenoxy) is 2. The van der Waals surface area contributed by atoms with Crippen LogP contribution in [0.2, 0.25) is 10.0 Å². The second-order valence-corrected chi connectivity index (χ2v) is 7.81. The van der Waals surface area contributed by atoms with Gasteiger partial charge in [0.25, 0.3) is 0 Å². The van der Waals surface area contributed by atoms with Crippen LogP contribution in [0.4, 0.5) is 0 Å². The molecule has 3 rings (SSSR count). The van der Waals surface area contributed by atoms with Gasteiger partial charge in [0, 0.05) is 5.02 Å². The first-order chi connectivity index (χ1) is 11.4. The van der Waals surface area contributed by atoms with Gasteiger partial charge in [-0.1, -0.05) is 36.0 Å². The molecule has 1 saturated heterocycles. The van der Waals surface area contributed by atoms with Crippen LogP contribution in [0, 0.1) is 5.92 Å². The lowest BCUT2D eigenvalue weighted by Crippen LogP contribution is -2.56. The summed E-state index contributed by atoms with van der Waals surface area (Å²) in [6.45, 7) is 1.80. The van der Waals surface area contributed by atoms with Crippen molar-refractivity contribution in [3.63, 3.8) is 0 Å². The second kappa shape index (κ2) is 7.20. The molecule has 0 spiro atoms. The highest BCUT2D eigenvalue weighted by molar-refractivity contribution is 6.36. The normalized spacial score (nSPS) is 32.9. The number of esters is 1. The molecule has 4 atom stereocenters. The van der Waals surface area contributed by atoms with Crippen LogP contribution in [-0.2, 0) is 9.47 Å². The van der Waals surface area contributed by atoms with Gasteiger partial charge in [0.2, 0.25) is 0 Å². The molecule has 132 valence electrons. The summed E-state index contributed by atoms with van der Waals surface area (Å²) in [6, 6.07) is 4.62. The van der Waals surface area contributed by atoms with Crippen molar-refractivity contribution in [1.29, 1.82) is 0 Å². The molecule has 1 heterocycles. The average molecular weight is 373 g/mol. The molecule has 2 aliphatic rings. The summed E-state index contributed by atoms with van der Waals surface area (Å²) < 4.78 is 11.5. The fourth-order valence-corrected chi connectivity index (χ4v) is 4.12. The summed E-state index contributed by atoms with van der Waals surface area (Å²) in [7, 11) is 0. The molecule has 0 amide bonds. The maximum atomic E-state index is 12.3. The lowest BCUT2D eigenvalue weighted by Gasteiger charge is -2.47. The minimum Gasteiger partial charge on any atom is -0.459 e. The molecule has 4 nitrogen and oxygen atoms in total. The number of fused-ring (bicyclic) bond motifs is 1. The van der Waals surface area contributed by atoms with Gasteiger partial charge in [-0.25, -0.2) is 4.79 Å². The standard InChI is InChI=1S/C18H22Cl2O4/c1-18(16(21)8-11-4-2-3-5-15(11)24-18)10-23-17(22)13-7-6-12(19)9-14(13)20/h6-7,9,11,15-16,21H,2-5,8,10H2,1H3/t11-,15+,16+,18-/m0/s1. The fourth-order valence-electron chi connectivity index (χ4n) is 3.63. The van der Waals surface area contributed by atoms with Crippen LogP contribution in [0.5, 0.6) is 0 Å². The number of hydrogen-bond acceptors (Lipinski definition) is 4. The average Bonchev–Trinajstić information content (AvgIpc) is 2.54. The summed E-state index contributed by atoms with van der Waals surface area (Å²) in [5.41, 5.74) is -0.627. The Balaban J connectivity index is 1.65. The number of halogens is 2. The van der Waals surface area contributed by atoms with Gasteiger partial charge in [0.05, 0.1) is 22.8 Å². The summed E-state index contributed by atoms with van der Waals surface area (Å²) in [5.74, 6) is -0.136. The predicted molar refractivity (Wildman–Crippen MR) is 92.6 cm³/mol. The highest BCUT2D eigenvalue weighted by Crippen LogP contribution is 2.40. The Morgan fingerprint density at radius 1 is 1.38 bits per heavy atom. The van der Waals surface area contributed by atoms with Crippen molar-refractivity contribution < 1.29 is 19.4 Å². The Morgan fingerprint density at radius 2 is 2.12 bits per heavy atom. The van der Waals surface area contributed by atoms with Gasteiger partial charge in [0.1, 0.15) is 12.2 Å². The Kier molecular flexibility index (Phi) is 5.40. The van der Waals surface area contributed by atoms with Gasteiger partial charge in [-0.15, -0.1) is 0 Å². The first kappa shape index (κ1) is 18.0. The van der Waals surface area contributed by atoms with E-state index < -0.39 is 17.7 Å². The molecular weight excluding hydrogens is 351 g/mol. The van der Waals surface area contributed by atoms with Gasteiger partial charge in [-0.2, -0.15) is 0 Å². The molecule has 1 aliphatic carbocycles. The van der Waals surface area contributed by atoms with Crippen molar-refractivity contribution in [2.75, 3.05) is 6.61 Å². The molecule has 6 heteroatoms. The van der Waals surface area contributed by atoms with Crippen molar-refractivity contribution in [2.45, 2.75) is 56.8 Å². The van der Waals surface area contributed by atoms with Gasteiger partial charge < -0.3 is 14.6 Å². The zero-order valence-corrected chi connectivity index (χ0v) is 15.1. The number of benzene rings is 1. The maximum Gasteiger partial charge on any atom is 0.339 e. The molecule has 1 aliphatic heterocycles. The number of aliphatic hydroxyl groups excluding tert-OH is 1. The number of hydrogen-bond donors (Lipinski definition) is 1. The van der Waals surface area contributed by atoms with E-state index in [-0.39, 0.29) is 23.3 Å². The zero-order chi connectivity index (χ0) is 17.3. The van der Waals surface area contributed by atoms with Crippen LogP contribution < -0.4 is 0 Å². The van der Waals surface area contributed by atoms with E-state index >= 15 is 0 Å². The zero-order valence-electron chi connectivity index (χ0n) is 13.6. The third kappa shape index (κ3) is 3.72. The van der Waals surface area contributed by atoms with E-state index in [0.29, 0.717) is 17.4 Å². The first-order valence-corrected chi connectivity index (χ1v) is 9.13. The van der Waals surface area contributed by atoms with E-state index in [1.165, 1.54) is 18.6 Å². The highest BCUT2D eigenvalue weighted by atomic mass is 35.5. The van der Waals surface area contributed by atoms with Crippen LogP contribution >= 0.6 is 23.2 Å². The molecule has 2 fully saturated rings. The minimum atomic E-state index is -0.882. The third-order valence-electron chi connectivity index (χ3n) is 5.13. The van der Waals surface area contributed by atoms with Gasteiger partial charge in [-0.05, 0) is 50.3 Å². The summed E-state index contributed by atoms with van der Waals surface area (Å²) in [4.78, 5) is 12.3. The smallest absolute Gasteiger partial charge is 0.339 e. The molecule has 1 aromatic carbocycles. The van der Waals surface area contributed by atoms with E-state index in [4.69, 9.17) is 32.7 Å². The van der Waals surface area contributed by atoms with Crippen LogP contribution in [0.15, 0.2) is 18.2 Å². The fraction of sp³-hybridized carbons (Fsp3) is 0.611. The molecule has 24 heavy (non-hydrogen) atoms. The highest BCUT2D eigenvalue weighted by Gasteiger charge is 2.46. The number of carbonyl (C=O) groups excluding carboxylic acids is 1. The summed E-state index contributed by atoms with van der Waals surface area (Å²) >= 11 is 11.9. The Morgan fingerprint density at radius 3 is 2.88 bits per heavy atom. The monoisotopic (exact) mass is 372 g/mol. The van der Waals surface area contributed by atoms with E-state index in [1.54, 1.807) is 13.0 Å². The van der Waals surface area contributed by atoms with Gasteiger partial charge in [0.15, 0.2) is 0 Å². The Labute approximate surface area is 152 Å². The van der Waals surface area contributed by atoms with E-state index in [9.17, 15) is 9.90 Å². The van der Waals surface area contributed by atoms with Crippen LogP contribution in [0.25, 0.3) is 0 Å². The molecule has 0 radical (unpaired) electrons. The predicted octanol–water partition coefficient (Wildman–Crippen LogP) is 4.25. The Bertz CT molecular complexity index is 621. The topological polar surface area (TPSA) is 55.8 Å². The maximum absolute atomic E-state index is 12.3. The van der Waals surface area contributed by atoms with Gasteiger partial charge >= 0.3 is 5.97 Å². The van der Waals surface area contributed by atoms with Gasteiger partial charge in [-0.3, -0.25) is 0 Å². The third-order valence-corrected chi connectivity index (χ3v) is 5.68. The van der Waals surface area contributed by atoms with Crippen LogP contribution in [0.1, 0.15) is 49.4 Å². The number of carbonyl (C=O) groups is 1. The molecule has 0 bridgehead atoms. The van der Waals surface area contributed by atoms with Crippen molar-refractivity contribution >= 4 is 29.2 Å². The summed E-state index contributed by atoms with van der Waals surface area (Å²) in [5, 5.41) is 11.2. The number of aliphatic hydroxyl groups is 1. The van der Waals surface area contributed by atoms with Crippen molar-refractivity contribution in [1.82, 2.24) is 0 Å². The lowest BCUT2D eigenvalue weighted by molar-refractivity contribution is -0.223. The van der Waals surface area contributed by atoms with Crippen molar-refractivity contribution in [3.8, 4) is 0 Å². The number of rotatable bonds is 3. The van der Waals surface area contributed by atoms with E-state index in [2.05, 4.69) is 0 Å². The van der Waals surface area contributed by atoms with Crippen molar-refractivity contribution in [3.05, 3.63) is 33.8 Å². The quantitative estimate of drug-likeness (QED) is 0.805. The largest absolute Gasteiger partial charge is 0.459 e. The Hall–Kier alpha value is -0.810. The van der Waals surface area contributed by atoms with E-state index in [0.717, 1.165) is 19.3 Å². The lowest BCUT2D eigenvalue weighted by atomic mass is 9.76. The van der Waals surface area contributed by atoms with Crippen LogP contribution in [-0.4, -0.2) is 35.5 Å². The second-order valence-electron chi connectivity index (χ2n) is 6.97. The SMILES string of the molecule is C[C@@]1(COC(=O)c2ccc(Cl)cc2Cl)O[C@@H]2CCCC[C@H]2C[C@H]1O. The molecular formula is C18H22Cl2O4. The summed E-state index contributed by atoms with van der Waals surface area (Å²) in [6.07, 6.45) is 4.63. The molecule has 1 aromatic rings. The molecule has 1 N–H and O–H groups in total. The van der Waals surface area contributed by atoms with Crippen LogP contribution in [0.3, 0.4) is 0 Å². The molecule has 0 unspecified atom stereocenters. The van der Waals surface area contributed by atoms with E-state index in [1.807, 2.05) is 0 Å². The van der Waals surface area contributed by atoms with Crippen molar-refractivity contribution in [2.24, 2.45) is 5.92 Å². The first-order valence-electron chi connectivity index (χ1n) is 8.37. The molecule has 0 aromatic heterocycles. The molecule has 1 saturated carbocycles. The minimum absolute atomic E-state index is 0.00479.